The minimum atomic E-state index is -0.477. The van der Waals surface area contributed by atoms with Crippen LogP contribution >= 0.6 is 31.9 Å². The zero-order chi connectivity index (χ0) is 42.0. The summed E-state index contributed by atoms with van der Waals surface area (Å²) >= 11 is 7.97. The van der Waals surface area contributed by atoms with Gasteiger partial charge in [-0.15, -0.1) is 0 Å². The second kappa shape index (κ2) is 18.2. The van der Waals surface area contributed by atoms with E-state index in [2.05, 4.69) is 184 Å². The fourth-order valence-electron chi connectivity index (χ4n) is 10.7. The molecule has 0 bridgehead atoms. The molecule has 2 aliphatic rings. The van der Waals surface area contributed by atoms with Crippen LogP contribution in [0.25, 0.3) is 22.3 Å². The summed E-state index contributed by atoms with van der Waals surface area (Å²) in [6.45, 7) is 18.6. The van der Waals surface area contributed by atoms with Crippen molar-refractivity contribution < 1.29 is 0 Å². The van der Waals surface area contributed by atoms with E-state index in [-0.39, 0.29) is 16.2 Å². The first-order valence-corrected chi connectivity index (χ1v) is 24.9. The van der Waals surface area contributed by atoms with Gasteiger partial charge in [0.05, 0.1) is 5.41 Å². The topological polar surface area (TPSA) is 0 Å². The molecule has 0 aromatic heterocycles. The number of halogens is 2. The van der Waals surface area contributed by atoms with E-state index in [9.17, 15) is 0 Å². The normalized spacial score (nSPS) is 16.5. The first kappa shape index (κ1) is 44.1. The Morgan fingerprint density at radius 2 is 0.746 bits per heavy atom. The van der Waals surface area contributed by atoms with E-state index < -0.39 is 5.41 Å². The smallest absolute Gasteiger partial charge is 0.0654 e. The van der Waals surface area contributed by atoms with E-state index >= 15 is 0 Å². The highest BCUT2D eigenvalue weighted by Gasteiger charge is 2.50. The van der Waals surface area contributed by atoms with Crippen LogP contribution in [0.1, 0.15) is 196 Å². The van der Waals surface area contributed by atoms with Crippen LogP contribution in [-0.2, 0) is 21.7 Å². The fraction of sp³-hybridized carbons (Fsp3) is 0.474. The maximum absolute atomic E-state index is 3.98. The molecule has 1 atom stereocenters. The quantitative estimate of drug-likeness (QED) is 0.0800. The molecule has 7 rings (SSSR count). The highest BCUT2D eigenvalue weighted by Crippen LogP contribution is 2.62. The third kappa shape index (κ3) is 8.63. The predicted molar refractivity (Wildman–Crippen MR) is 263 cm³/mol. The number of rotatable bonds is 17. The van der Waals surface area contributed by atoms with Crippen molar-refractivity contribution in [1.29, 1.82) is 0 Å². The number of hydrogen-bond donors (Lipinski definition) is 0. The van der Waals surface area contributed by atoms with Gasteiger partial charge in [0.1, 0.15) is 0 Å². The summed E-state index contributed by atoms with van der Waals surface area (Å²) in [6, 6.07) is 39.1. The van der Waals surface area contributed by atoms with Gasteiger partial charge in [0.2, 0.25) is 0 Å². The largest absolute Gasteiger partial charge is 0.0714 e. The van der Waals surface area contributed by atoms with Gasteiger partial charge in [-0.3, -0.25) is 0 Å². The van der Waals surface area contributed by atoms with Gasteiger partial charge in [0, 0.05) is 14.4 Å². The molecule has 59 heavy (non-hydrogen) atoms. The van der Waals surface area contributed by atoms with Gasteiger partial charge in [0.25, 0.3) is 0 Å². The van der Waals surface area contributed by atoms with Gasteiger partial charge in [-0.25, -0.2) is 0 Å². The van der Waals surface area contributed by atoms with Gasteiger partial charge in [-0.1, -0.05) is 231 Å². The summed E-state index contributed by atoms with van der Waals surface area (Å²) in [5, 5.41) is 0. The van der Waals surface area contributed by atoms with Crippen LogP contribution in [-0.4, -0.2) is 0 Å². The maximum atomic E-state index is 3.98. The third-order valence-electron chi connectivity index (χ3n) is 14.1. The Bertz CT molecular complexity index is 2150. The Morgan fingerprint density at radius 1 is 0.390 bits per heavy atom. The molecule has 2 aliphatic carbocycles. The molecule has 5 aromatic rings. The molecule has 0 nitrogen and oxygen atoms in total. The minimum absolute atomic E-state index is 0.00113. The van der Waals surface area contributed by atoms with Crippen LogP contribution in [0.15, 0.2) is 106 Å². The van der Waals surface area contributed by atoms with Crippen molar-refractivity contribution in [2.45, 2.75) is 173 Å². The Kier molecular flexibility index (Phi) is 13.6. The average Bonchev–Trinajstić information content (AvgIpc) is 3.63. The molecule has 5 aromatic carbocycles. The molecule has 0 aliphatic heterocycles. The first-order chi connectivity index (χ1) is 28.3. The zero-order valence-corrected chi connectivity index (χ0v) is 40.8. The lowest BCUT2D eigenvalue weighted by Gasteiger charge is -2.36. The van der Waals surface area contributed by atoms with Crippen molar-refractivity contribution in [3.63, 3.8) is 0 Å². The standard InChI is InChI=1S/C57H70Br2/c1-9-11-13-15-17-19-21-35-56(34-20-18-16-14-12-10-2)50-36-44(58)30-32-46(50)48-39-53-49(38-51(48)56)47-33-31-45(59)37-52(47)57(53,42-26-22-40(23-27-42)54(3,4)5)43-28-24-41(25-29-43)55(6,7)8/h22-33,36-39H,9-21,34-35H2,1-8H3. The van der Waals surface area contributed by atoms with Crippen LogP contribution < -0.4 is 0 Å². The highest BCUT2D eigenvalue weighted by molar-refractivity contribution is 9.10. The number of unbranched alkanes of at least 4 members (excludes halogenated alkanes) is 11. The second-order valence-corrected chi connectivity index (χ2v) is 22.0. The van der Waals surface area contributed by atoms with Crippen molar-refractivity contribution in [1.82, 2.24) is 0 Å². The molecule has 0 radical (unpaired) electrons. The van der Waals surface area contributed by atoms with Crippen molar-refractivity contribution in [3.8, 4) is 22.3 Å². The molecule has 2 heteroatoms. The predicted octanol–water partition coefficient (Wildman–Crippen LogP) is 18.3. The molecule has 1 unspecified atom stereocenters. The summed E-state index contributed by atoms with van der Waals surface area (Å²) in [5.41, 5.74) is 16.7. The Hall–Kier alpha value is -2.94. The molecule has 312 valence electrons. The fourth-order valence-corrected chi connectivity index (χ4v) is 11.5. The highest BCUT2D eigenvalue weighted by atomic mass is 79.9. The second-order valence-electron chi connectivity index (χ2n) is 20.2. The molecule has 0 fully saturated rings. The van der Waals surface area contributed by atoms with Crippen LogP contribution in [0.5, 0.6) is 0 Å². The van der Waals surface area contributed by atoms with E-state index in [1.807, 2.05) is 0 Å². The number of fused-ring (bicyclic) bond motifs is 6. The van der Waals surface area contributed by atoms with Gasteiger partial charge in [0.15, 0.2) is 0 Å². The monoisotopic (exact) mass is 912 g/mol. The lowest BCUT2D eigenvalue weighted by molar-refractivity contribution is 0.397. The number of hydrogen-bond acceptors (Lipinski definition) is 0. The van der Waals surface area contributed by atoms with Gasteiger partial charge in [-0.05, 0) is 127 Å². The molecule has 0 saturated carbocycles. The summed E-state index contributed by atoms with van der Waals surface area (Å²) < 4.78 is 2.33. The van der Waals surface area contributed by atoms with Crippen LogP contribution in [0.2, 0.25) is 0 Å². The molecular formula is C57H70Br2. The SMILES string of the molecule is CCCCCCCCCC1(CCCCCCCC)c2cc(Br)ccc2-c2cc3c(cc21)-c1ccc(Br)cc1C3(c1ccc(C(C)(C)C)cc1)c1ccc(C(C)(C)C)cc1. The lowest BCUT2D eigenvalue weighted by atomic mass is 9.66. The molecule has 0 amide bonds. The summed E-state index contributed by atoms with van der Waals surface area (Å²) in [4.78, 5) is 0. The van der Waals surface area contributed by atoms with Crippen molar-refractivity contribution in [2.24, 2.45) is 0 Å². The molecule has 0 spiro atoms. The van der Waals surface area contributed by atoms with E-state index in [1.165, 1.54) is 156 Å². The van der Waals surface area contributed by atoms with Crippen molar-refractivity contribution >= 4 is 31.9 Å². The number of benzene rings is 5. The van der Waals surface area contributed by atoms with E-state index in [0.29, 0.717) is 0 Å². The zero-order valence-electron chi connectivity index (χ0n) is 37.6. The van der Waals surface area contributed by atoms with Crippen LogP contribution in [0.4, 0.5) is 0 Å². The van der Waals surface area contributed by atoms with E-state index in [1.54, 1.807) is 11.1 Å². The van der Waals surface area contributed by atoms with Crippen molar-refractivity contribution in [2.75, 3.05) is 0 Å². The average molecular weight is 915 g/mol. The molecule has 0 heterocycles. The van der Waals surface area contributed by atoms with E-state index in [0.717, 1.165) is 4.47 Å². The van der Waals surface area contributed by atoms with E-state index in [4.69, 9.17) is 0 Å². The Morgan fingerprint density at radius 3 is 1.20 bits per heavy atom. The summed E-state index contributed by atoms with van der Waals surface area (Å²) in [7, 11) is 0. The maximum Gasteiger partial charge on any atom is 0.0714 e. The summed E-state index contributed by atoms with van der Waals surface area (Å²) in [5.74, 6) is 0. The molecule has 0 saturated heterocycles. The lowest BCUT2D eigenvalue weighted by Crippen LogP contribution is -2.29. The Balaban J connectivity index is 1.46. The van der Waals surface area contributed by atoms with Crippen molar-refractivity contribution in [3.05, 3.63) is 151 Å². The van der Waals surface area contributed by atoms with Gasteiger partial charge < -0.3 is 0 Å². The minimum Gasteiger partial charge on any atom is -0.0654 e. The van der Waals surface area contributed by atoms with Crippen LogP contribution in [0.3, 0.4) is 0 Å². The van der Waals surface area contributed by atoms with Gasteiger partial charge >= 0.3 is 0 Å². The third-order valence-corrected chi connectivity index (χ3v) is 15.1. The molecule has 0 N–H and O–H groups in total. The Labute approximate surface area is 375 Å². The van der Waals surface area contributed by atoms with Gasteiger partial charge in [-0.2, -0.15) is 0 Å². The molecular weight excluding hydrogens is 844 g/mol. The summed E-state index contributed by atoms with van der Waals surface area (Å²) in [6.07, 6.45) is 19.7. The first-order valence-electron chi connectivity index (χ1n) is 23.3. The van der Waals surface area contributed by atoms with Crippen LogP contribution in [0, 0.1) is 0 Å².